The van der Waals surface area contributed by atoms with E-state index in [1.807, 2.05) is 0 Å². The predicted octanol–water partition coefficient (Wildman–Crippen LogP) is 2.79. The smallest absolute Gasteiger partial charge is 0.408 e. The van der Waals surface area contributed by atoms with Gasteiger partial charge in [0.2, 0.25) is 0 Å². The Bertz CT molecular complexity index is 493. The maximum absolute atomic E-state index is 11.9. The molecule has 0 radical (unpaired) electrons. The number of benzene rings is 1. The average molecular weight is 358 g/mol. The Balaban J connectivity index is 2.74. The zero-order chi connectivity index (χ0) is 16.0. The highest BCUT2D eigenvalue weighted by Gasteiger charge is 2.23. The molecule has 0 saturated carbocycles. The minimum absolute atomic E-state index is 0.144. The van der Waals surface area contributed by atoms with Gasteiger partial charge in [-0.05, 0) is 44.9 Å². The molecule has 1 rings (SSSR count). The number of phenolic OH excluding ortho intramolecular Hbond substituents is 1. The van der Waals surface area contributed by atoms with E-state index >= 15 is 0 Å². The van der Waals surface area contributed by atoms with E-state index in [1.165, 1.54) is 0 Å². The summed E-state index contributed by atoms with van der Waals surface area (Å²) in [6.45, 7) is 5.27. The van der Waals surface area contributed by atoms with Crippen LogP contribution < -0.4 is 5.32 Å². The number of nitrogens with one attached hydrogen (secondary N) is 1. The molecule has 0 unspecified atom stereocenters. The molecule has 0 aromatic heterocycles. The van der Waals surface area contributed by atoms with Gasteiger partial charge >= 0.3 is 6.09 Å². The number of Topliss-reactive ketones (excluding diaryl/α,β-unsaturated/α-hetero) is 1. The summed E-state index contributed by atoms with van der Waals surface area (Å²) in [5, 5.41) is 12.0. The number of rotatable bonds is 5. The summed E-state index contributed by atoms with van der Waals surface area (Å²) >= 11 is 3.11. The number of phenols is 1. The zero-order valence-electron chi connectivity index (χ0n) is 12.4. The number of ether oxygens (including phenoxy) is 1. The number of alkyl carbamates (subject to hydrolysis) is 1. The van der Waals surface area contributed by atoms with Crippen LogP contribution in [-0.4, -0.2) is 34.0 Å². The third-order valence-corrected chi connectivity index (χ3v) is 3.14. The van der Waals surface area contributed by atoms with Crippen molar-refractivity contribution in [1.29, 1.82) is 0 Å². The van der Waals surface area contributed by atoms with Gasteiger partial charge in [-0.2, -0.15) is 0 Å². The number of alkyl halides is 1. The van der Waals surface area contributed by atoms with Gasteiger partial charge in [-0.1, -0.05) is 28.1 Å². The van der Waals surface area contributed by atoms with Crippen molar-refractivity contribution < 1.29 is 19.4 Å². The molecule has 1 aromatic rings. The molecule has 6 heteroatoms. The van der Waals surface area contributed by atoms with Crippen LogP contribution >= 0.6 is 15.9 Å². The van der Waals surface area contributed by atoms with Gasteiger partial charge in [0.25, 0.3) is 0 Å². The van der Waals surface area contributed by atoms with Gasteiger partial charge in [0, 0.05) is 0 Å². The molecule has 0 fully saturated rings. The van der Waals surface area contributed by atoms with Crippen molar-refractivity contribution in [2.75, 3.05) is 5.33 Å². The quantitative estimate of drug-likeness (QED) is 0.794. The molecular formula is C15H20BrNO4. The van der Waals surface area contributed by atoms with Crippen LogP contribution in [0.2, 0.25) is 0 Å². The Hall–Kier alpha value is -1.56. The van der Waals surface area contributed by atoms with Gasteiger partial charge in [-0.15, -0.1) is 0 Å². The van der Waals surface area contributed by atoms with Crippen LogP contribution in [-0.2, 0) is 16.0 Å². The summed E-state index contributed by atoms with van der Waals surface area (Å²) in [4.78, 5) is 23.7. The third-order valence-electron chi connectivity index (χ3n) is 2.59. The maximum Gasteiger partial charge on any atom is 0.408 e. The van der Waals surface area contributed by atoms with Crippen LogP contribution in [0.3, 0.4) is 0 Å². The summed E-state index contributed by atoms with van der Waals surface area (Å²) in [6.07, 6.45) is -0.287. The maximum atomic E-state index is 11.9. The summed E-state index contributed by atoms with van der Waals surface area (Å²) in [6, 6.07) is 5.82. The molecule has 1 atom stereocenters. The van der Waals surface area contributed by atoms with E-state index in [1.54, 1.807) is 45.0 Å². The number of carbonyl (C=O) groups excluding carboxylic acids is 2. The molecule has 5 nitrogen and oxygen atoms in total. The fraction of sp³-hybridized carbons (Fsp3) is 0.467. The van der Waals surface area contributed by atoms with Crippen LogP contribution in [0.25, 0.3) is 0 Å². The van der Waals surface area contributed by atoms with E-state index < -0.39 is 17.7 Å². The van der Waals surface area contributed by atoms with Gasteiger partial charge in [-0.25, -0.2) is 4.79 Å². The van der Waals surface area contributed by atoms with Crippen molar-refractivity contribution in [3.05, 3.63) is 29.8 Å². The first-order valence-electron chi connectivity index (χ1n) is 6.57. The van der Waals surface area contributed by atoms with Crippen molar-refractivity contribution in [2.24, 2.45) is 0 Å². The van der Waals surface area contributed by atoms with Crippen LogP contribution in [0.5, 0.6) is 5.75 Å². The fourth-order valence-corrected chi connectivity index (χ4v) is 2.05. The third kappa shape index (κ3) is 6.62. The summed E-state index contributed by atoms with van der Waals surface area (Å²) < 4.78 is 5.16. The molecule has 0 heterocycles. The lowest BCUT2D eigenvalue weighted by Gasteiger charge is -2.23. The number of hydrogen-bond donors (Lipinski definition) is 2. The molecule has 0 aliphatic heterocycles. The van der Waals surface area contributed by atoms with Crippen molar-refractivity contribution in [3.63, 3.8) is 0 Å². The lowest BCUT2D eigenvalue weighted by molar-refractivity contribution is -0.118. The van der Waals surface area contributed by atoms with E-state index in [9.17, 15) is 14.7 Å². The molecular weight excluding hydrogens is 338 g/mol. The highest BCUT2D eigenvalue weighted by atomic mass is 79.9. The predicted molar refractivity (Wildman–Crippen MR) is 83.8 cm³/mol. The first-order valence-corrected chi connectivity index (χ1v) is 7.69. The normalized spacial score (nSPS) is 12.6. The van der Waals surface area contributed by atoms with Gasteiger partial charge in [0.05, 0.1) is 11.4 Å². The van der Waals surface area contributed by atoms with Crippen LogP contribution in [0.4, 0.5) is 4.79 Å². The van der Waals surface area contributed by atoms with Gasteiger partial charge < -0.3 is 15.2 Å². The Labute approximate surface area is 132 Å². The van der Waals surface area contributed by atoms with E-state index in [0.29, 0.717) is 6.42 Å². The molecule has 1 aromatic carbocycles. The Morgan fingerprint density at radius 3 is 2.33 bits per heavy atom. The summed E-state index contributed by atoms with van der Waals surface area (Å²) in [5.74, 6) is 0.0103. The second kappa shape index (κ2) is 7.45. The number of hydrogen-bond acceptors (Lipinski definition) is 4. The Kier molecular flexibility index (Phi) is 6.20. The topological polar surface area (TPSA) is 75.6 Å². The monoisotopic (exact) mass is 357 g/mol. The second-order valence-electron chi connectivity index (χ2n) is 5.67. The lowest BCUT2D eigenvalue weighted by Crippen LogP contribution is -2.45. The molecule has 0 bridgehead atoms. The Morgan fingerprint density at radius 1 is 1.29 bits per heavy atom. The largest absolute Gasteiger partial charge is 0.508 e. The van der Waals surface area contributed by atoms with Crippen LogP contribution in [0.1, 0.15) is 26.3 Å². The molecule has 0 aliphatic carbocycles. The van der Waals surface area contributed by atoms with E-state index in [4.69, 9.17) is 4.74 Å². The zero-order valence-corrected chi connectivity index (χ0v) is 13.9. The molecule has 1 amide bonds. The highest BCUT2D eigenvalue weighted by Crippen LogP contribution is 2.13. The highest BCUT2D eigenvalue weighted by molar-refractivity contribution is 9.09. The summed E-state index contributed by atoms with van der Waals surface area (Å²) in [5.41, 5.74) is 0.216. The van der Waals surface area contributed by atoms with Gasteiger partial charge in [0.15, 0.2) is 5.78 Å². The minimum Gasteiger partial charge on any atom is -0.508 e. The van der Waals surface area contributed by atoms with Crippen molar-refractivity contribution in [1.82, 2.24) is 5.32 Å². The van der Waals surface area contributed by atoms with E-state index in [0.717, 1.165) is 5.56 Å². The van der Waals surface area contributed by atoms with Gasteiger partial charge in [-0.3, -0.25) is 4.79 Å². The molecule has 2 N–H and O–H groups in total. The SMILES string of the molecule is CC(C)(C)OC(=O)N[C@@H](Cc1ccc(O)cc1)C(=O)CBr. The van der Waals surface area contributed by atoms with Crippen molar-refractivity contribution in [3.8, 4) is 5.75 Å². The number of halogens is 1. The molecule has 0 saturated heterocycles. The number of ketones is 1. The molecule has 0 aliphatic rings. The molecule has 116 valence electrons. The number of aromatic hydroxyl groups is 1. The Morgan fingerprint density at radius 2 is 1.86 bits per heavy atom. The molecule has 21 heavy (non-hydrogen) atoms. The number of carbonyl (C=O) groups is 2. The molecule has 0 spiro atoms. The average Bonchev–Trinajstić information content (AvgIpc) is 2.37. The van der Waals surface area contributed by atoms with Crippen LogP contribution in [0.15, 0.2) is 24.3 Å². The van der Waals surface area contributed by atoms with E-state index in [2.05, 4.69) is 21.2 Å². The second-order valence-corrected chi connectivity index (χ2v) is 6.23. The van der Waals surface area contributed by atoms with Crippen LogP contribution in [0, 0.1) is 0 Å². The first-order chi connectivity index (χ1) is 9.71. The first kappa shape index (κ1) is 17.5. The lowest BCUT2D eigenvalue weighted by atomic mass is 10.0. The number of amides is 1. The van der Waals surface area contributed by atoms with E-state index in [-0.39, 0.29) is 16.9 Å². The van der Waals surface area contributed by atoms with Crippen molar-refractivity contribution in [2.45, 2.75) is 38.8 Å². The fourth-order valence-electron chi connectivity index (χ4n) is 1.66. The standard InChI is InChI=1S/C15H20BrNO4/c1-15(2,3)21-14(20)17-12(13(19)9-16)8-10-4-6-11(18)7-5-10/h4-7,12,18H,8-9H2,1-3H3,(H,17,20)/t12-/m0/s1. The van der Waals surface area contributed by atoms with Gasteiger partial charge in [0.1, 0.15) is 11.4 Å². The summed E-state index contributed by atoms with van der Waals surface area (Å²) in [7, 11) is 0. The van der Waals surface area contributed by atoms with Crippen molar-refractivity contribution >= 4 is 27.8 Å². The minimum atomic E-state index is -0.677.